The molecule has 0 aromatic heterocycles. The summed E-state index contributed by atoms with van der Waals surface area (Å²) in [6, 6.07) is 3.04. The highest BCUT2D eigenvalue weighted by atomic mass is 35.5. The van der Waals surface area contributed by atoms with Crippen LogP contribution < -0.4 is 5.84 Å². The second-order valence-electron chi connectivity index (χ2n) is 7.13. The van der Waals surface area contributed by atoms with Gasteiger partial charge in [-0.05, 0) is 18.2 Å². The number of aliphatic imine (C=N–C) groups is 1. The molecule has 3 rings (SSSR count). The van der Waals surface area contributed by atoms with Gasteiger partial charge in [0.2, 0.25) is 5.82 Å². The Bertz CT molecular complexity index is 1150. The fourth-order valence-electron chi connectivity index (χ4n) is 3.17. The van der Waals surface area contributed by atoms with Crippen LogP contribution in [-0.2, 0) is 4.74 Å². The molecule has 35 heavy (non-hydrogen) atoms. The fourth-order valence-corrected chi connectivity index (χ4v) is 4.64. The van der Waals surface area contributed by atoms with Crippen LogP contribution in [0.25, 0.3) is 0 Å². The van der Waals surface area contributed by atoms with Gasteiger partial charge in [-0.25, -0.2) is 22.0 Å². The lowest BCUT2D eigenvalue weighted by molar-refractivity contribution is -0.159. The summed E-state index contributed by atoms with van der Waals surface area (Å²) in [7, 11) is 0. The summed E-state index contributed by atoms with van der Waals surface area (Å²) in [5.41, 5.74) is -3.55. The molecule has 1 aliphatic heterocycles. The van der Waals surface area contributed by atoms with Crippen molar-refractivity contribution in [3.8, 4) is 0 Å². The molecule has 5 atom stereocenters. The number of rotatable bonds is 6. The summed E-state index contributed by atoms with van der Waals surface area (Å²) in [5.74, 6) is -6.15. The third kappa shape index (κ3) is 5.56. The van der Waals surface area contributed by atoms with Gasteiger partial charge in [0.05, 0.1) is 28.4 Å². The number of hydrogen-bond acceptors (Lipinski definition) is 8. The zero-order valence-corrected chi connectivity index (χ0v) is 19.5. The highest BCUT2D eigenvalue weighted by Crippen LogP contribution is 2.36. The average molecular weight is 560 g/mol. The van der Waals surface area contributed by atoms with Crippen LogP contribution in [0.4, 0.5) is 22.0 Å². The molecule has 3 unspecified atom stereocenters. The van der Waals surface area contributed by atoms with E-state index < -0.39 is 76.8 Å². The maximum absolute atomic E-state index is 14.1. The number of nitrogens with zero attached hydrogens (tertiary/aromatic N) is 2. The van der Waals surface area contributed by atoms with Crippen molar-refractivity contribution in [2.24, 2.45) is 15.9 Å². The van der Waals surface area contributed by atoms with Crippen LogP contribution >= 0.6 is 35.0 Å². The summed E-state index contributed by atoms with van der Waals surface area (Å²) in [6.07, 6.45) is -3.93. The molecule has 15 heteroatoms. The first-order chi connectivity index (χ1) is 16.5. The lowest BCUT2D eigenvalue weighted by atomic mass is 9.97. The molecule has 0 radical (unpaired) electrons. The highest BCUT2D eigenvalue weighted by molar-refractivity contribution is 7.99. The summed E-state index contributed by atoms with van der Waals surface area (Å²) < 4.78 is 74.3. The van der Waals surface area contributed by atoms with Crippen LogP contribution in [0.1, 0.15) is 5.56 Å². The van der Waals surface area contributed by atoms with Crippen LogP contribution in [-0.4, -0.2) is 63.6 Å². The van der Waals surface area contributed by atoms with E-state index in [9.17, 15) is 37.3 Å². The number of hydrogen-bond donors (Lipinski definition) is 4. The summed E-state index contributed by atoms with van der Waals surface area (Å²) >= 11 is 12.8. The van der Waals surface area contributed by atoms with Gasteiger partial charge < -0.3 is 25.9 Å². The van der Waals surface area contributed by atoms with E-state index >= 15 is 0 Å². The number of aliphatic hydroxyl groups excluding tert-OH is 3. The minimum absolute atomic E-state index is 0.210. The smallest absolute Gasteiger partial charge is 0.200 e. The van der Waals surface area contributed by atoms with Crippen molar-refractivity contribution in [1.29, 1.82) is 0 Å². The number of halogens is 7. The molecule has 1 fully saturated rings. The van der Waals surface area contributed by atoms with Crippen molar-refractivity contribution in [2.45, 2.75) is 34.7 Å². The van der Waals surface area contributed by atoms with Crippen molar-refractivity contribution in [3.05, 3.63) is 62.9 Å². The molecule has 2 aromatic rings. The zero-order chi connectivity index (χ0) is 26.0. The van der Waals surface area contributed by atoms with Gasteiger partial charge in [0.15, 0.2) is 23.3 Å². The Morgan fingerprint density at radius 1 is 1.00 bits per heavy atom. The highest BCUT2D eigenvalue weighted by Gasteiger charge is 2.44. The second kappa shape index (κ2) is 11.4. The molecular formula is C20H16Cl2F5N3O4S. The van der Waals surface area contributed by atoms with Gasteiger partial charge in [0.1, 0.15) is 35.5 Å². The number of ether oxygens (including phenoxy) is 1. The first-order valence-electron chi connectivity index (χ1n) is 9.58. The molecule has 190 valence electrons. The number of hydrazone groups is 1. The Labute approximate surface area is 209 Å². The molecule has 1 aliphatic rings. The van der Waals surface area contributed by atoms with Crippen molar-refractivity contribution in [3.63, 3.8) is 0 Å². The van der Waals surface area contributed by atoms with E-state index in [0.29, 0.717) is 11.1 Å². The van der Waals surface area contributed by atoms with Crippen LogP contribution in [0.15, 0.2) is 33.2 Å². The normalized spacial score (nSPS) is 25.4. The van der Waals surface area contributed by atoms with Crippen LogP contribution in [0.5, 0.6) is 0 Å². The van der Waals surface area contributed by atoms with E-state index in [1.54, 1.807) is 6.07 Å². The maximum Gasteiger partial charge on any atom is 0.200 e. The van der Waals surface area contributed by atoms with Crippen LogP contribution in [0.2, 0.25) is 10.0 Å². The predicted octanol–water partition coefficient (Wildman–Crippen LogP) is 3.02. The molecule has 0 saturated carbocycles. The number of thioether (sulfide) groups is 1. The first kappa shape index (κ1) is 27.6. The monoisotopic (exact) mass is 559 g/mol. The van der Waals surface area contributed by atoms with Gasteiger partial charge in [-0.3, -0.25) is 4.99 Å². The molecule has 1 heterocycles. The third-order valence-corrected chi connectivity index (χ3v) is 6.85. The van der Waals surface area contributed by atoms with Gasteiger partial charge in [-0.2, -0.15) is 5.10 Å². The Morgan fingerprint density at radius 3 is 2.14 bits per heavy atom. The van der Waals surface area contributed by atoms with Gasteiger partial charge in [-0.15, -0.1) is 0 Å². The molecule has 0 spiro atoms. The summed E-state index contributed by atoms with van der Waals surface area (Å²) in [4.78, 5) is 4.31. The van der Waals surface area contributed by atoms with Crippen LogP contribution in [0.3, 0.4) is 0 Å². The predicted molar refractivity (Wildman–Crippen MR) is 119 cm³/mol. The first-order valence-corrected chi connectivity index (χ1v) is 11.2. The quantitative estimate of drug-likeness (QED) is 0.108. The third-order valence-electron chi connectivity index (χ3n) is 4.97. The second-order valence-corrected chi connectivity index (χ2v) is 9.11. The van der Waals surface area contributed by atoms with Crippen molar-refractivity contribution in [1.82, 2.24) is 0 Å². The SMILES string of the molecule is NN=C(C=NC1C(O)[C@@H](Sc2ccc(Cl)c(Cl)c2)OC(CO)[C@@H]1O)c1c(F)c(F)c(F)c(F)c1F. The summed E-state index contributed by atoms with van der Waals surface area (Å²) in [6.45, 7) is -0.701. The Hall–Kier alpha value is -2.00. The minimum atomic E-state index is -2.37. The summed E-state index contributed by atoms with van der Waals surface area (Å²) in [5, 5.41) is 34.3. The molecule has 1 saturated heterocycles. The lowest BCUT2D eigenvalue weighted by Crippen LogP contribution is -2.56. The van der Waals surface area contributed by atoms with Gasteiger partial charge in [0.25, 0.3) is 0 Å². The van der Waals surface area contributed by atoms with Crippen molar-refractivity contribution >= 4 is 46.9 Å². The van der Waals surface area contributed by atoms with Gasteiger partial charge in [0, 0.05) is 4.90 Å². The lowest BCUT2D eigenvalue weighted by Gasteiger charge is -2.40. The van der Waals surface area contributed by atoms with Crippen molar-refractivity contribution in [2.75, 3.05) is 6.61 Å². The molecule has 0 bridgehead atoms. The topological polar surface area (TPSA) is 121 Å². The van der Waals surface area contributed by atoms with E-state index in [4.69, 9.17) is 33.8 Å². The van der Waals surface area contributed by atoms with Crippen molar-refractivity contribution < 1.29 is 42.0 Å². The number of aliphatic hydroxyl groups is 3. The van der Waals surface area contributed by atoms with Crippen LogP contribution in [0, 0.1) is 29.1 Å². The van der Waals surface area contributed by atoms with E-state index in [2.05, 4.69) is 10.1 Å². The van der Waals surface area contributed by atoms with Gasteiger partial charge >= 0.3 is 0 Å². The van der Waals surface area contributed by atoms with E-state index in [0.717, 1.165) is 11.8 Å². The molecular weight excluding hydrogens is 544 g/mol. The molecule has 0 aliphatic carbocycles. The molecule has 0 amide bonds. The molecule has 2 aromatic carbocycles. The van der Waals surface area contributed by atoms with E-state index in [-0.39, 0.29) is 10.0 Å². The Morgan fingerprint density at radius 2 is 1.60 bits per heavy atom. The van der Waals surface area contributed by atoms with E-state index in [1.165, 1.54) is 12.1 Å². The fraction of sp³-hybridized carbons (Fsp3) is 0.300. The maximum atomic E-state index is 14.1. The zero-order valence-electron chi connectivity index (χ0n) is 17.2. The molecule has 5 N–H and O–H groups in total. The minimum Gasteiger partial charge on any atom is -0.394 e. The number of nitrogens with two attached hydrogens (primary N) is 1. The standard InChI is InChI=1S/C20H16Cl2F5N3O4S/c21-7-2-1-6(3-8(7)22)35-20-19(33)17(18(32)10(5-31)34-20)29-4-9(30-28)11-12(23)14(25)16(27)15(26)13(11)24/h1-4,10,17-20,31-33H,5,28H2/t10?,17?,18-,19?,20+/m0/s1. The average Bonchev–Trinajstić information content (AvgIpc) is 2.84. The van der Waals surface area contributed by atoms with E-state index in [1.807, 2.05) is 0 Å². The largest absolute Gasteiger partial charge is 0.394 e. The number of benzene rings is 2. The Balaban J connectivity index is 1.93. The van der Waals surface area contributed by atoms with Gasteiger partial charge in [-0.1, -0.05) is 35.0 Å². The Kier molecular flexibility index (Phi) is 8.96. The molecule has 7 nitrogen and oxygen atoms in total.